The van der Waals surface area contributed by atoms with Crippen molar-refractivity contribution in [3.8, 4) is 0 Å². The van der Waals surface area contributed by atoms with Crippen molar-refractivity contribution in [1.82, 2.24) is 4.98 Å². The maximum absolute atomic E-state index is 10.9. The summed E-state index contributed by atoms with van der Waals surface area (Å²) in [6.07, 6.45) is 2.85. The lowest BCUT2D eigenvalue weighted by Gasteiger charge is -2.16. The molecule has 1 aromatic heterocycles. The zero-order valence-corrected chi connectivity index (χ0v) is 10.0. The van der Waals surface area contributed by atoms with Crippen molar-refractivity contribution in [2.45, 2.75) is 32.7 Å². The van der Waals surface area contributed by atoms with Crippen LogP contribution >= 0.6 is 0 Å². The van der Waals surface area contributed by atoms with E-state index in [2.05, 4.69) is 10.3 Å². The van der Waals surface area contributed by atoms with Crippen LogP contribution in [0.5, 0.6) is 0 Å². The third-order valence-electron chi connectivity index (χ3n) is 2.62. The zero-order chi connectivity index (χ0) is 12.8. The van der Waals surface area contributed by atoms with E-state index in [-0.39, 0.29) is 24.2 Å². The molecule has 0 aliphatic carbocycles. The SMILES string of the molecule is CCC(CCO)Nc1nccc(C)c1[N+](=O)[O-]. The molecule has 6 heteroatoms. The van der Waals surface area contributed by atoms with Crippen LogP contribution in [0.4, 0.5) is 11.5 Å². The second kappa shape index (κ2) is 6.15. The number of nitrogens with one attached hydrogen (secondary N) is 1. The predicted molar refractivity (Wildman–Crippen MR) is 65.0 cm³/mol. The standard InChI is InChI=1S/C11H17N3O3/c1-3-9(5-7-15)13-11-10(14(16)17)8(2)4-6-12-11/h4,6,9,15H,3,5,7H2,1-2H3,(H,12,13). The molecule has 17 heavy (non-hydrogen) atoms. The monoisotopic (exact) mass is 239 g/mol. The largest absolute Gasteiger partial charge is 0.396 e. The van der Waals surface area contributed by atoms with Crippen LogP contribution in [-0.4, -0.2) is 27.7 Å². The maximum atomic E-state index is 10.9. The third kappa shape index (κ3) is 3.39. The first-order chi connectivity index (χ1) is 8.10. The number of hydrogen-bond acceptors (Lipinski definition) is 5. The van der Waals surface area contributed by atoms with Gasteiger partial charge in [-0.15, -0.1) is 0 Å². The molecule has 0 spiro atoms. The first-order valence-electron chi connectivity index (χ1n) is 5.57. The molecule has 0 saturated heterocycles. The average Bonchev–Trinajstić information content (AvgIpc) is 2.28. The van der Waals surface area contributed by atoms with Gasteiger partial charge in [0.2, 0.25) is 5.82 Å². The van der Waals surface area contributed by atoms with Crippen LogP contribution in [-0.2, 0) is 0 Å². The van der Waals surface area contributed by atoms with Gasteiger partial charge in [-0.2, -0.15) is 0 Å². The van der Waals surface area contributed by atoms with Crippen LogP contribution in [0.15, 0.2) is 12.3 Å². The summed E-state index contributed by atoms with van der Waals surface area (Å²) in [6, 6.07) is 1.60. The van der Waals surface area contributed by atoms with Crippen LogP contribution < -0.4 is 5.32 Å². The van der Waals surface area contributed by atoms with Gasteiger partial charge >= 0.3 is 5.69 Å². The summed E-state index contributed by atoms with van der Waals surface area (Å²) < 4.78 is 0. The molecule has 6 nitrogen and oxygen atoms in total. The molecule has 94 valence electrons. The van der Waals surface area contributed by atoms with Crippen LogP contribution in [0.3, 0.4) is 0 Å². The number of aromatic nitrogens is 1. The second-order valence-electron chi connectivity index (χ2n) is 3.84. The molecule has 0 saturated carbocycles. The van der Waals surface area contributed by atoms with E-state index in [0.717, 1.165) is 6.42 Å². The first kappa shape index (κ1) is 13.4. The van der Waals surface area contributed by atoms with E-state index in [1.54, 1.807) is 13.0 Å². The normalized spacial score (nSPS) is 12.2. The fraction of sp³-hybridized carbons (Fsp3) is 0.545. The Morgan fingerprint density at radius 1 is 1.65 bits per heavy atom. The molecule has 0 radical (unpaired) electrons. The van der Waals surface area contributed by atoms with Gasteiger partial charge in [0.1, 0.15) is 0 Å². The first-order valence-corrected chi connectivity index (χ1v) is 5.57. The van der Waals surface area contributed by atoms with E-state index in [1.165, 1.54) is 6.20 Å². The van der Waals surface area contributed by atoms with Crippen molar-refractivity contribution in [2.24, 2.45) is 0 Å². The van der Waals surface area contributed by atoms with E-state index in [4.69, 9.17) is 5.11 Å². The highest BCUT2D eigenvalue weighted by atomic mass is 16.6. The highest BCUT2D eigenvalue weighted by Gasteiger charge is 2.20. The number of hydrogen-bond donors (Lipinski definition) is 2. The minimum Gasteiger partial charge on any atom is -0.396 e. The number of aliphatic hydroxyl groups excluding tert-OH is 1. The van der Waals surface area contributed by atoms with Gasteiger partial charge < -0.3 is 10.4 Å². The Hall–Kier alpha value is -1.69. The van der Waals surface area contributed by atoms with E-state index >= 15 is 0 Å². The number of nitrogens with zero attached hydrogens (tertiary/aromatic N) is 2. The third-order valence-corrected chi connectivity index (χ3v) is 2.62. The van der Waals surface area contributed by atoms with Gasteiger partial charge in [0.25, 0.3) is 0 Å². The lowest BCUT2D eigenvalue weighted by Crippen LogP contribution is -2.21. The number of anilines is 1. The minimum absolute atomic E-state index is 0.00360. The summed E-state index contributed by atoms with van der Waals surface area (Å²) in [5, 5.41) is 22.8. The zero-order valence-electron chi connectivity index (χ0n) is 10.0. The number of aliphatic hydroxyl groups is 1. The molecule has 1 aromatic rings. The Kier molecular flexibility index (Phi) is 4.84. The summed E-state index contributed by atoms with van der Waals surface area (Å²) in [6.45, 7) is 3.68. The highest BCUT2D eigenvalue weighted by molar-refractivity contribution is 5.60. The summed E-state index contributed by atoms with van der Waals surface area (Å²) in [5.41, 5.74) is 0.579. The molecule has 1 atom stereocenters. The van der Waals surface area contributed by atoms with Crippen LogP contribution in [0.2, 0.25) is 0 Å². The van der Waals surface area contributed by atoms with Crippen LogP contribution in [0.1, 0.15) is 25.3 Å². The Labute approximate surface area is 99.8 Å². The molecular weight excluding hydrogens is 222 g/mol. The topological polar surface area (TPSA) is 88.3 Å². The summed E-state index contributed by atoms with van der Waals surface area (Å²) in [7, 11) is 0. The Balaban J connectivity index is 2.97. The van der Waals surface area contributed by atoms with Gasteiger partial charge in [0.05, 0.1) is 4.92 Å². The maximum Gasteiger partial charge on any atom is 0.314 e. The quantitative estimate of drug-likeness (QED) is 0.584. The molecular formula is C11H17N3O3. The second-order valence-corrected chi connectivity index (χ2v) is 3.84. The van der Waals surface area contributed by atoms with E-state index < -0.39 is 4.92 Å². The van der Waals surface area contributed by atoms with Crippen molar-refractivity contribution in [3.05, 3.63) is 27.9 Å². The Morgan fingerprint density at radius 3 is 2.88 bits per heavy atom. The van der Waals surface area contributed by atoms with Gasteiger partial charge in [0.15, 0.2) is 0 Å². The smallest absolute Gasteiger partial charge is 0.314 e. The molecule has 1 heterocycles. The van der Waals surface area contributed by atoms with Crippen molar-refractivity contribution in [1.29, 1.82) is 0 Å². The molecule has 0 fully saturated rings. The van der Waals surface area contributed by atoms with Gasteiger partial charge in [0, 0.05) is 24.4 Å². The van der Waals surface area contributed by atoms with Crippen LogP contribution in [0, 0.1) is 17.0 Å². The summed E-state index contributed by atoms with van der Waals surface area (Å²) >= 11 is 0. The molecule has 1 rings (SSSR count). The fourth-order valence-electron chi connectivity index (χ4n) is 1.61. The Bertz CT molecular complexity index is 396. The van der Waals surface area contributed by atoms with Gasteiger partial charge in [-0.25, -0.2) is 4.98 Å². The molecule has 0 amide bonds. The van der Waals surface area contributed by atoms with Crippen molar-refractivity contribution in [3.63, 3.8) is 0 Å². The molecule has 0 aliphatic rings. The van der Waals surface area contributed by atoms with E-state index in [9.17, 15) is 10.1 Å². The van der Waals surface area contributed by atoms with Crippen molar-refractivity contribution < 1.29 is 10.0 Å². The molecule has 0 aliphatic heterocycles. The highest BCUT2D eigenvalue weighted by Crippen LogP contribution is 2.26. The lowest BCUT2D eigenvalue weighted by atomic mass is 10.1. The van der Waals surface area contributed by atoms with E-state index in [0.29, 0.717) is 12.0 Å². The van der Waals surface area contributed by atoms with E-state index in [1.807, 2.05) is 6.92 Å². The van der Waals surface area contributed by atoms with Gasteiger partial charge in [-0.1, -0.05) is 6.92 Å². The average molecular weight is 239 g/mol. The summed E-state index contributed by atoms with van der Waals surface area (Å²) in [5.74, 6) is 0.273. The van der Waals surface area contributed by atoms with Gasteiger partial charge in [-0.3, -0.25) is 10.1 Å². The number of pyridine rings is 1. The molecule has 2 N–H and O–H groups in total. The number of rotatable bonds is 6. The van der Waals surface area contributed by atoms with Crippen molar-refractivity contribution in [2.75, 3.05) is 11.9 Å². The lowest BCUT2D eigenvalue weighted by molar-refractivity contribution is -0.384. The Morgan fingerprint density at radius 2 is 2.35 bits per heavy atom. The summed E-state index contributed by atoms with van der Waals surface area (Å²) in [4.78, 5) is 14.5. The predicted octanol–water partition coefficient (Wildman–Crippen LogP) is 1.87. The number of aryl methyl sites for hydroxylation is 1. The van der Waals surface area contributed by atoms with Gasteiger partial charge in [-0.05, 0) is 25.8 Å². The molecule has 0 aromatic carbocycles. The minimum atomic E-state index is -0.434. The van der Waals surface area contributed by atoms with Crippen molar-refractivity contribution >= 4 is 11.5 Å². The molecule has 0 bridgehead atoms. The van der Waals surface area contributed by atoms with Crippen LogP contribution in [0.25, 0.3) is 0 Å². The fourth-order valence-corrected chi connectivity index (χ4v) is 1.61. The molecule has 1 unspecified atom stereocenters. The number of nitro groups is 1.